The Morgan fingerprint density at radius 3 is 2.93 bits per heavy atom. The van der Waals surface area contributed by atoms with Crippen LogP contribution in [0.15, 0.2) is 54.7 Å². The molecule has 1 fully saturated rings. The van der Waals surface area contributed by atoms with E-state index in [2.05, 4.69) is 15.2 Å². The van der Waals surface area contributed by atoms with Gasteiger partial charge in [-0.3, -0.25) is 14.7 Å². The highest BCUT2D eigenvalue weighted by atomic mass is 35.5. The fourth-order valence-electron chi connectivity index (χ4n) is 3.94. The van der Waals surface area contributed by atoms with Crippen molar-refractivity contribution in [3.8, 4) is 0 Å². The molecule has 1 aliphatic heterocycles. The summed E-state index contributed by atoms with van der Waals surface area (Å²) in [6.07, 6.45) is 1.63. The SMILES string of the molecule is CC1CN(C(CNC(=O)c2nccc3ccccc23)c2c(F)cccc2Cl)CCO1. The summed E-state index contributed by atoms with van der Waals surface area (Å²) in [5.41, 5.74) is 0.737. The fourth-order valence-corrected chi connectivity index (χ4v) is 4.23. The molecule has 1 aliphatic rings. The Morgan fingerprint density at radius 2 is 2.13 bits per heavy atom. The van der Waals surface area contributed by atoms with Crippen LogP contribution in [-0.4, -0.2) is 48.1 Å². The number of carbonyl (C=O) groups is 1. The molecule has 4 rings (SSSR count). The molecule has 30 heavy (non-hydrogen) atoms. The molecular formula is C23H23ClFN3O2. The number of aromatic nitrogens is 1. The monoisotopic (exact) mass is 427 g/mol. The van der Waals surface area contributed by atoms with Gasteiger partial charge in [0.1, 0.15) is 11.5 Å². The van der Waals surface area contributed by atoms with E-state index in [4.69, 9.17) is 16.3 Å². The number of amides is 1. The third kappa shape index (κ3) is 4.31. The maximum Gasteiger partial charge on any atom is 0.270 e. The second-order valence-electron chi connectivity index (χ2n) is 7.42. The molecule has 0 radical (unpaired) electrons. The first-order valence-electron chi connectivity index (χ1n) is 9.96. The van der Waals surface area contributed by atoms with Crippen molar-refractivity contribution >= 4 is 28.3 Å². The van der Waals surface area contributed by atoms with E-state index in [1.807, 2.05) is 37.3 Å². The second-order valence-corrected chi connectivity index (χ2v) is 7.83. The summed E-state index contributed by atoms with van der Waals surface area (Å²) in [4.78, 5) is 19.3. The highest BCUT2D eigenvalue weighted by Gasteiger charge is 2.29. The maximum absolute atomic E-state index is 14.7. The smallest absolute Gasteiger partial charge is 0.270 e. The number of hydrogen-bond acceptors (Lipinski definition) is 4. The molecule has 2 aromatic carbocycles. The molecule has 0 spiro atoms. The minimum Gasteiger partial charge on any atom is -0.376 e. The average molecular weight is 428 g/mol. The van der Waals surface area contributed by atoms with E-state index in [1.54, 1.807) is 18.3 Å². The molecule has 3 aromatic rings. The van der Waals surface area contributed by atoms with Crippen LogP contribution < -0.4 is 5.32 Å². The van der Waals surface area contributed by atoms with Crippen LogP contribution in [0.2, 0.25) is 5.02 Å². The topological polar surface area (TPSA) is 54.5 Å². The van der Waals surface area contributed by atoms with Gasteiger partial charge in [0.25, 0.3) is 5.91 Å². The second kappa shape index (κ2) is 9.08. The molecule has 2 heterocycles. The molecule has 1 saturated heterocycles. The van der Waals surface area contributed by atoms with Gasteiger partial charge in [0.2, 0.25) is 0 Å². The zero-order valence-corrected chi connectivity index (χ0v) is 17.4. The number of nitrogens with zero attached hydrogens (tertiary/aromatic N) is 2. The van der Waals surface area contributed by atoms with Crippen LogP contribution in [0.3, 0.4) is 0 Å². The van der Waals surface area contributed by atoms with Crippen LogP contribution in [0.5, 0.6) is 0 Å². The van der Waals surface area contributed by atoms with Crippen LogP contribution in [0.4, 0.5) is 4.39 Å². The first-order chi connectivity index (χ1) is 14.5. The van der Waals surface area contributed by atoms with Gasteiger partial charge in [-0.05, 0) is 30.5 Å². The fraction of sp³-hybridized carbons (Fsp3) is 0.304. The van der Waals surface area contributed by atoms with Crippen molar-refractivity contribution in [1.29, 1.82) is 0 Å². The van der Waals surface area contributed by atoms with E-state index in [0.29, 0.717) is 36.0 Å². The Labute approximate surface area is 179 Å². The molecule has 1 amide bonds. The summed E-state index contributed by atoms with van der Waals surface area (Å²) in [6, 6.07) is 13.7. The van der Waals surface area contributed by atoms with Crippen molar-refractivity contribution < 1.29 is 13.9 Å². The molecule has 2 unspecified atom stereocenters. The van der Waals surface area contributed by atoms with Crippen LogP contribution >= 0.6 is 11.6 Å². The summed E-state index contributed by atoms with van der Waals surface area (Å²) in [5, 5.41) is 5.01. The molecule has 5 nitrogen and oxygen atoms in total. The van der Waals surface area contributed by atoms with E-state index >= 15 is 0 Å². The van der Waals surface area contributed by atoms with Crippen LogP contribution in [0.25, 0.3) is 10.8 Å². The molecule has 156 valence electrons. The number of benzene rings is 2. The lowest BCUT2D eigenvalue weighted by molar-refractivity contribution is -0.0346. The Morgan fingerprint density at radius 1 is 1.30 bits per heavy atom. The van der Waals surface area contributed by atoms with E-state index in [9.17, 15) is 9.18 Å². The van der Waals surface area contributed by atoms with Crippen molar-refractivity contribution in [2.45, 2.75) is 19.1 Å². The van der Waals surface area contributed by atoms with Crippen molar-refractivity contribution in [2.24, 2.45) is 0 Å². The quantitative estimate of drug-likeness (QED) is 0.662. The standard InChI is InChI=1S/C23H23ClFN3O2/c1-15-14-28(11-12-30-15)20(21-18(24)7-4-8-19(21)25)13-27-23(29)22-17-6-3-2-5-16(17)9-10-26-22/h2-10,15,20H,11-14H2,1H3,(H,27,29). The zero-order valence-electron chi connectivity index (χ0n) is 16.6. The molecule has 0 saturated carbocycles. The normalized spacial score (nSPS) is 18.3. The number of hydrogen-bond donors (Lipinski definition) is 1. The first-order valence-corrected chi connectivity index (χ1v) is 10.3. The maximum atomic E-state index is 14.7. The van der Waals surface area contributed by atoms with Gasteiger partial charge in [-0.25, -0.2) is 4.39 Å². The van der Waals surface area contributed by atoms with Gasteiger partial charge in [-0.2, -0.15) is 0 Å². The molecule has 0 aliphatic carbocycles. The van der Waals surface area contributed by atoms with Crippen molar-refractivity contribution in [2.75, 3.05) is 26.2 Å². The first kappa shape index (κ1) is 20.7. The van der Waals surface area contributed by atoms with Crippen molar-refractivity contribution in [1.82, 2.24) is 15.2 Å². The van der Waals surface area contributed by atoms with Gasteiger partial charge in [0.05, 0.1) is 18.8 Å². The minimum absolute atomic E-state index is 0.0160. The van der Waals surface area contributed by atoms with Crippen LogP contribution in [0.1, 0.15) is 29.0 Å². The minimum atomic E-state index is -0.413. The van der Waals surface area contributed by atoms with Crippen molar-refractivity contribution in [3.63, 3.8) is 0 Å². The van der Waals surface area contributed by atoms with Crippen LogP contribution in [0, 0.1) is 5.82 Å². The Hall–Kier alpha value is -2.54. The van der Waals surface area contributed by atoms with E-state index in [0.717, 1.165) is 10.8 Å². The lowest BCUT2D eigenvalue weighted by Gasteiger charge is -2.38. The highest BCUT2D eigenvalue weighted by Crippen LogP contribution is 2.31. The average Bonchev–Trinajstić information content (AvgIpc) is 2.75. The van der Waals surface area contributed by atoms with Gasteiger partial charge in [-0.15, -0.1) is 0 Å². The summed E-state index contributed by atoms with van der Waals surface area (Å²) in [6.45, 7) is 3.98. The van der Waals surface area contributed by atoms with Gasteiger partial charge in [0, 0.05) is 41.8 Å². The van der Waals surface area contributed by atoms with Gasteiger partial charge < -0.3 is 10.1 Å². The summed E-state index contributed by atoms with van der Waals surface area (Å²) >= 11 is 6.37. The number of ether oxygens (including phenoxy) is 1. The number of nitrogens with one attached hydrogen (secondary N) is 1. The molecule has 0 bridgehead atoms. The Bertz CT molecular complexity index is 1040. The van der Waals surface area contributed by atoms with Gasteiger partial charge in [0.15, 0.2) is 0 Å². The molecule has 1 N–H and O–H groups in total. The molecular weight excluding hydrogens is 405 g/mol. The summed E-state index contributed by atoms with van der Waals surface area (Å²) in [5.74, 6) is -0.685. The summed E-state index contributed by atoms with van der Waals surface area (Å²) < 4.78 is 20.4. The largest absolute Gasteiger partial charge is 0.376 e. The third-order valence-corrected chi connectivity index (χ3v) is 5.72. The van der Waals surface area contributed by atoms with Gasteiger partial charge in [-0.1, -0.05) is 41.9 Å². The number of morpholine rings is 1. The van der Waals surface area contributed by atoms with E-state index in [1.165, 1.54) is 6.07 Å². The predicted octanol–water partition coefficient (Wildman–Crippen LogP) is 4.22. The number of rotatable bonds is 5. The molecule has 7 heteroatoms. The van der Waals surface area contributed by atoms with Gasteiger partial charge >= 0.3 is 0 Å². The number of carbonyl (C=O) groups excluding carboxylic acids is 1. The number of fused-ring (bicyclic) bond motifs is 1. The number of halogens is 2. The summed E-state index contributed by atoms with van der Waals surface area (Å²) in [7, 11) is 0. The predicted molar refractivity (Wildman–Crippen MR) is 115 cm³/mol. The highest BCUT2D eigenvalue weighted by molar-refractivity contribution is 6.31. The lowest BCUT2D eigenvalue weighted by Crippen LogP contribution is -2.47. The lowest BCUT2D eigenvalue weighted by atomic mass is 10.0. The molecule has 2 atom stereocenters. The van der Waals surface area contributed by atoms with Crippen LogP contribution in [-0.2, 0) is 4.74 Å². The van der Waals surface area contributed by atoms with Crippen molar-refractivity contribution in [3.05, 3.63) is 76.8 Å². The molecule has 1 aromatic heterocycles. The zero-order chi connectivity index (χ0) is 21.1. The Kier molecular flexibility index (Phi) is 6.27. The Balaban J connectivity index is 1.61. The van der Waals surface area contributed by atoms with E-state index in [-0.39, 0.29) is 24.4 Å². The van der Waals surface area contributed by atoms with E-state index < -0.39 is 6.04 Å². The third-order valence-electron chi connectivity index (χ3n) is 5.39. The number of pyridine rings is 1.